The quantitative estimate of drug-likeness (QED) is 0.648. The lowest BCUT2D eigenvalue weighted by Gasteiger charge is -2.19. The molecular formula is C15H16N2O3. The second-order valence-corrected chi connectivity index (χ2v) is 4.55. The minimum atomic E-state index is -0.419. The van der Waals surface area contributed by atoms with Crippen LogP contribution in [0.2, 0.25) is 0 Å². The normalized spacial score (nSPS) is 11.9. The molecule has 0 saturated carbocycles. The van der Waals surface area contributed by atoms with Crippen molar-refractivity contribution >= 4 is 11.4 Å². The van der Waals surface area contributed by atoms with Crippen LogP contribution in [0.5, 0.6) is 0 Å². The minimum Gasteiger partial charge on any atom is -0.394 e. The number of nitrogens with zero attached hydrogens (tertiary/aromatic N) is 1. The predicted octanol–water partition coefficient (Wildman–Crippen LogP) is 3.05. The van der Waals surface area contributed by atoms with Crippen molar-refractivity contribution in [3.8, 4) is 0 Å². The molecule has 0 aliphatic heterocycles. The fourth-order valence-corrected chi connectivity index (χ4v) is 2.03. The first-order chi connectivity index (χ1) is 9.61. The second-order valence-electron chi connectivity index (χ2n) is 4.55. The van der Waals surface area contributed by atoms with E-state index < -0.39 is 4.92 Å². The Morgan fingerprint density at radius 3 is 2.50 bits per heavy atom. The Kier molecular flexibility index (Phi) is 4.32. The maximum atomic E-state index is 10.7. The summed E-state index contributed by atoms with van der Waals surface area (Å²) in [6, 6.07) is 14.0. The van der Waals surface area contributed by atoms with E-state index in [-0.39, 0.29) is 18.3 Å². The van der Waals surface area contributed by atoms with Gasteiger partial charge in [-0.3, -0.25) is 10.1 Å². The van der Waals surface area contributed by atoms with E-state index in [0.717, 1.165) is 16.8 Å². The molecule has 2 aromatic rings. The molecule has 0 aliphatic carbocycles. The van der Waals surface area contributed by atoms with Crippen LogP contribution in [0.4, 0.5) is 11.4 Å². The van der Waals surface area contributed by atoms with Gasteiger partial charge in [-0.25, -0.2) is 0 Å². The Morgan fingerprint density at radius 1 is 1.25 bits per heavy atom. The van der Waals surface area contributed by atoms with Crippen LogP contribution in [0.25, 0.3) is 0 Å². The topological polar surface area (TPSA) is 75.4 Å². The Labute approximate surface area is 117 Å². The molecular weight excluding hydrogens is 256 g/mol. The lowest BCUT2D eigenvalue weighted by molar-refractivity contribution is -0.384. The van der Waals surface area contributed by atoms with Crippen molar-refractivity contribution in [1.29, 1.82) is 0 Å². The summed E-state index contributed by atoms with van der Waals surface area (Å²) in [5.74, 6) is 0. The van der Waals surface area contributed by atoms with Crippen LogP contribution in [0.1, 0.15) is 17.2 Å². The Bertz CT molecular complexity index is 599. The lowest BCUT2D eigenvalue weighted by atomic mass is 10.1. The van der Waals surface area contributed by atoms with Crippen LogP contribution in [0.15, 0.2) is 48.5 Å². The predicted molar refractivity (Wildman–Crippen MR) is 77.7 cm³/mol. The molecule has 104 valence electrons. The third-order valence-electron chi connectivity index (χ3n) is 3.14. The van der Waals surface area contributed by atoms with Crippen molar-refractivity contribution in [2.75, 3.05) is 11.9 Å². The van der Waals surface area contributed by atoms with Gasteiger partial charge in [0.25, 0.3) is 5.69 Å². The molecule has 1 atom stereocenters. The highest BCUT2D eigenvalue weighted by molar-refractivity contribution is 5.56. The molecule has 0 spiro atoms. The summed E-state index contributed by atoms with van der Waals surface area (Å²) in [6.45, 7) is 1.75. The number of hydrogen-bond donors (Lipinski definition) is 2. The van der Waals surface area contributed by atoms with E-state index in [1.807, 2.05) is 30.3 Å². The van der Waals surface area contributed by atoms with Crippen LogP contribution in [-0.4, -0.2) is 16.6 Å². The zero-order valence-electron chi connectivity index (χ0n) is 11.1. The van der Waals surface area contributed by atoms with Gasteiger partial charge in [-0.1, -0.05) is 30.3 Å². The number of nitro groups is 1. The second kappa shape index (κ2) is 6.16. The molecule has 2 aromatic carbocycles. The van der Waals surface area contributed by atoms with Crippen LogP contribution in [0, 0.1) is 17.0 Å². The highest BCUT2D eigenvalue weighted by Crippen LogP contribution is 2.25. The van der Waals surface area contributed by atoms with Crippen LogP contribution in [0.3, 0.4) is 0 Å². The van der Waals surface area contributed by atoms with Crippen molar-refractivity contribution in [1.82, 2.24) is 0 Å². The van der Waals surface area contributed by atoms with E-state index in [4.69, 9.17) is 0 Å². The number of nitro benzene ring substituents is 1. The first-order valence-corrected chi connectivity index (χ1v) is 6.29. The van der Waals surface area contributed by atoms with E-state index >= 15 is 0 Å². The molecule has 0 radical (unpaired) electrons. The fraction of sp³-hybridized carbons (Fsp3) is 0.200. The maximum Gasteiger partial charge on any atom is 0.269 e. The van der Waals surface area contributed by atoms with Crippen LogP contribution in [-0.2, 0) is 0 Å². The van der Waals surface area contributed by atoms with Crippen molar-refractivity contribution < 1.29 is 10.0 Å². The van der Waals surface area contributed by atoms with Gasteiger partial charge < -0.3 is 10.4 Å². The Balaban J connectivity index is 2.22. The molecule has 20 heavy (non-hydrogen) atoms. The van der Waals surface area contributed by atoms with Crippen molar-refractivity contribution in [3.05, 3.63) is 69.8 Å². The first-order valence-electron chi connectivity index (χ1n) is 6.29. The van der Waals surface area contributed by atoms with Gasteiger partial charge in [0.05, 0.1) is 17.6 Å². The maximum absolute atomic E-state index is 10.7. The summed E-state index contributed by atoms with van der Waals surface area (Å²) >= 11 is 0. The minimum absolute atomic E-state index is 0.0551. The summed E-state index contributed by atoms with van der Waals surface area (Å²) in [7, 11) is 0. The summed E-state index contributed by atoms with van der Waals surface area (Å²) in [4.78, 5) is 10.3. The highest BCUT2D eigenvalue weighted by Gasteiger charge is 2.13. The smallest absolute Gasteiger partial charge is 0.269 e. The largest absolute Gasteiger partial charge is 0.394 e. The molecule has 0 aliphatic rings. The van der Waals surface area contributed by atoms with Gasteiger partial charge in [0.1, 0.15) is 0 Å². The van der Waals surface area contributed by atoms with E-state index in [9.17, 15) is 15.2 Å². The van der Waals surface area contributed by atoms with E-state index in [2.05, 4.69) is 5.32 Å². The number of anilines is 1. The van der Waals surface area contributed by atoms with Gasteiger partial charge in [0.15, 0.2) is 0 Å². The van der Waals surface area contributed by atoms with Crippen LogP contribution < -0.4 is 5.32 Å². The SMILES string of the molecule is Cc1cc([N+](=O)[O-])ccc1NC(CO)c1ccccc1. The molecule has 0 bridgehead atoms. The third kappa shape index (κ3) is 3.13. The molecule has 2 N–H and O–H groups in total. The zero-order chi connectivity index (χ0) is 14.5. The first kappa shape index (κ1) is 14.0. The zero-order valence-corrected chi connectivity index (χ0v) is 11.1. The fourth-order valence-electron chi connectivity index (χ4n) is 2.03. The molecule has 1 unspecified atom stereocenters. The summed E-state index contributed by atoms with van der Waals surface area (Å²) in [5, 5.41) is 23.4. The van der Waals surface area contributed by atoms with E-state index in [1.165, 1.54) is 12.1 Å². The van der Waals surface area contributed by atoms with Gasteiger partial charge in [-0.2, -0.15) is 0 Å². The van der Waals surface area contributed by atoms with Crippen LogP contribution >= 0.6 is 0 Å². The standard InChI is InChI=1S/C15H16N2O3/c1-11-9-13(17(19)20)7-8-14(11)16-15(10-18)12-5-3-2-4-6-12/h2-9,15-16,18H,10H2,1H3. The number of nitrogens with one attached hydrogen (secondary N) is 1. The number of aliphatic hydroxyl groups is 1. The molecule has 0 aromatic heterocycles. The third-order valence-corrected chi connectivity index (χ3v) is 3.14. The summed E-state index contributed by atoms with van der Waals surface area (Å²) in [6.07, 6.45) is 0. The Morgan fingerprint density at radius 2 is 1.95 bits per heavy atom. The monoisotopic (exact) mass is 272 g/mol. The van der Waals surface area contributed by atoms with Crippen molar-refractivity contribution in [3.63, 3.8) is 0 Å². The van der Waals surface area contributed by atoms with E-state index in [0.29, 0.717) is 0 Å². The number of aryl methyl sites for hydroxylation is 1. The summed E-state index contributed by atoms with van der Waals surface area (Å²) < 4.78 is 0. The average molecular weight is 272 g/mol. The number of benzene rings is 2. The van der Waals surface area contributed by atoms with E-state index in [1.54, 1.807) is 13.0 Å². The Hall–Kier alpha value is -2.40. The number of non-ortho nitro benzene ring substituents is 1. The molecule has 0 fully saturated rings. The number of hydrogen-bond acceptors (Lipinski definition) is 4. The average Bonchev–Trinajstić information content (AvgIpc) is 2.46. The molecule has 0 amide bonds. The van der Waals surface area contributed by atoms with Gasteiger partial charge in [0, 0.05) is 17.8 Å². The van der Waals surface area contributed by atoms with Gasteiger partial charge >= 0.3 is 0 Å². The van der Waals surface area contributed by atoms with Gasteiger partial charge in [-0.05, 0) is 24.1 Å². The van der Waals surface area contributed by atoms with Gasteiger partial charge in [0.2, 0.25) is 0 Å². The summed E-state index contributed by atoms with van der Waals surface area (Å²) in [5.41, 5.74) is 2.58. The molecule has 0 saturated heterocycles. The van der Waals surface area contributed by atoms with Crippen molar-refractivity contribution in [2.24, 2.45) is 0 Å². The van der Waals surface area contributed by atoms with Crippen molar-refractivity contribution in [2.45, 2.75) is 13.0 Å². The highest BCUT2D eigenvalue weighted by atomic mass is 16.6. The molecule has 5 heteroatoms. The molecule has 2 rings (SSSR count). The molecule has 5 nitrogen and oxygen atoms in total. The molecule has 0 heterocycles. The lowest BCUT2D eigenvalue weighted by Crippen LogP contribution is -2.15. The number of rotatable bonds is 5. The number of aliphatic hydroxyl groups excluding tert-OH is 1. The van der Waals surface area contributed by atoms with Gasteiger partial charge in [-0.15, -0.1) is 0 Å².